The highest BCUT2D eigenvalue weighted by Crippen LogP contribution is 2.15. The van der Waals surface area contributed by atoms with Gasteiger partial charge in [0, 0.05) is 19.3 Å². The highest BCUT2D eigenvalue weighted by Gasteiger charge is 2.19. The van der Waals surface area contributed by atoms with Gasteiger partial charge in [-0.05, 0) is 51.4 Å². The predicted molar refractivity (Wildman–Crippen MR) is 243 cm³/mol. The zero-order valence-corrected chi connectivity index (χ0v) is 38.1. The van der Waals surface area contributed by atoms with E-state index in [-0.39, 0.29) is 31.1 Å². The molecule has 0 amide bonds. The molecule has 0 saturated heterocycles. The summed E-state index contributed by atoms with van der Waals surface area (Å²) in [5, 5.41) is 0. The quantitative estimate of drug-likeness (QED) is 0.0264. The van der Waals surface area contributed by atoms with E-state index < -0.39 is 6.10 Å². The highest BCUT2D eigenvalue weighted by atomic mass is 16.6. The van der Waals surface area contributed by atoms with Crippen molar-refractivity contribution in [1.82, 2.24) is 0 Å². The normalized spacial score (nSPS) is 12.1. The first kappa shape index (κ1) is 54.9. The van der Waals surface area contributed by atoms with Crippen LogP contribution >= 0.6 is 0 Å². The fourth-order valence-corrected chi connectivity index (χ4v) is 7.18. The van der Waals surface area contributed by atoms with Gasteiger partial charge in [0.1, 0.15) is 13.2 Å². The smallest absolute Gasteiger partial charge is 0.306 e. The maximum atomic E-state index is 12.7. The summed E-state index contributed by atoms with van der Waals surface area (Å²) in [6.07, 6.45) is 51.7. The number of rotatable bonds is 45. The molecule has 1 atom stereocenters. The third-order valence-electron chi connectivity index (χ3n) is 11.0. The van der Waals surface area contributed by atoms with Gasteiger partial charge in [-0.1, -0.05) is 218 Å². The number of carbonyl (C=O) groups is 3. The summed E-state index contributed by atoms with van der Waals surface area (Å²) in [5.41, 5.74) is 0. The van der Waals surface area contributed by atoms with E-state index in [9.17, 15) is 14.4 Å². The Morgan fingerprint density at radius 1 is 0.351 bits per heavy atom. The van der Waals surface area contributed by atoms with Crippen molar-refractivity contribution in [3.05, 3.63) is 24.3 Å². The zero-order chi connectivity index (χ0) is 41.5. The lowest BCUT2D eigenvalue weighted by Crippen LogP contribution is -2.30. The van der Waals surface area contributed by atoms with Gasteiger partial charge in [0.05, 0.1) is 0 Å². The van der Waals surface area contributed by atoms with Crippen molar-refractivity contribution >= 4 is 17.9 Å². The summed E-state index contributed by atoms with van der Waals surface area (Å²) < 4.78 is 16.7. The zero-order valence-electron chi connectivity index (χ0n) is 38.1. The van der Waals surface area contributed by atoms with E-state index in [2.05, 4.69) is 45.1 Å². The Balaban J connectivity index is 4.24. The van der Waals surface area contributed by atoms with E-state index in [1.54, 1.807) is 0 Å². The molecule has 334 valence electrons. The van der Waals surface area contributed by atoms with Crippen LogP contribution in [0.2, 0.25) is 0 Å². The Labute approximate surface area is 353 Å². The number of ether oxygens (including phenoxy) is 3. The number of esters is 3. The topological polar surface area (TPSA) is 78.9 Å². The molecule has 0 aromatic rings. The first-order chi connectivity index (χ1) is 28.0. The number of carbonyl (C=O) groups excluding carboxylic acids is 3. The summed E-state index contributed by atoms with van der Waals surface area (Å²) in [5.74, 6) is -0.874. The van der Waals surface area contributed by atoms with Crippen molar-refractivity contribution in [3.8, 4) is 0 Å². The van der Waals surface area contributed by atoms with Crippen LogP contribution in [0.3, 0.4) is 0 Å². The summed E-state index contributed by atoms with van der Waals surface area (Å²) in [7, 11) is 0. The monoisotopic (exact) mass is 803 g/mol. The molecular formula is C51H94O6. The Morgan fingerprint density at radius 3 is 0.982 bits per heavy atom. The molecule has 0 aliphatic carbocycles. The number of hydrogen-bond acceptors (Lipinski definition) is 6. The van der Waals surface area contributed by atoms with Crippen LogP contribution in [0.25, 0.3) is 0 Å². The average molecular weight is 803 g/mol. The minimum absolute atomic E-state index is 0.0703. The van der Waals surface area contributed by atoms with Gasteiger partial charge in [-0.25, -0.2) is 0 Å². The molecule has 0 N–H and O–H groups in total. The molecule has 0 saturated carbocycles. The summed E-state index contributed by atoms with van der Waals surface area (Å²) >= 11 is 0. The third kappa shape index (κ3) is 44.8. The van der Waals surface area contributed by atoms with E-state index in [4.69, 9.17) is 14.2 Å². The maximum Gasteiger partial charge on any atom is 0.306 e. The van der Waals surface area contributed by atoms with Crippen molar-refractivity contribution in [2.75, 3.05) is 13.2 Å². The van der Waals surface area contributed by atoms with Crippen molar-refractivity contribution in [2.24, 2.45) is 0 Å². The SMILES string of the molecule is CCCCCC/C=C\C/C=C\CCCCCCCCCC(=O)OCC(COC(=O)CCCCCCCCC)OC(=O)CCCCCCCCCCCCCCCC. The van der Waals surface area contributed by atoms with Gasteiger partial charge in [-0.3, -0.25) is 14.4 Å². The summed E-state index contributed by atoms with van der Waals surface area (Å²) in [6.45, 7) is 6.59. The summed E-state index contributed by atoms with van der Waals surface area (Å²) in [4.78, 5) is 37.7. The molecule has 0 aliphatic rings. The molecule has 0 heterocycles. The molecule has 6 nitrogen and oxygen atoms in total. The molecule has 0 rings (SSSR count). The average Bonchev–Trinajstić information content (AvgIpc) is 3.21. The van der Waals surface area contributed by atoms with Crippen molar-refractivity contribution in [2.45, 2.75) is 271 Å². The number of unbranched alkanes of at least 4 members (excludes halogenated alkanes) is 30. The number of hydrogen-bond donors (Lipinski definition) is 0. The first-order valence-electron chi connectivity index (χ1n) is 24.8. The van der Waals surface area contributed by atoms with Crippen LogP contribution in [0, 0.1) is 0 Å². The second kappa shape index (κ2) is 46.6. The lowest BCUT2D eigenvalue weighted by Gasteiger charge is -2.18. The Hall–Kier alpha value is -2.11. The lowest BCUT2D eigenvalue weighted by atomic mass is 10.0. The van der Waals surface area contributed by atoms with Gasteiger partial charge >= 0.3 is 17.9 Å². The highest BCUT2D eigenvalue weighted by molar-refractivity contribution is 5.71. The van der Waals surface area contributed by atoms with Crippen LogP contribution in [0.1, 0.15) is 265 Å². The van der Waals surface area contributed by atoms with Gasteiger partial charge < -0.3 is 14.2 Å². The van der Waals surface area contributed by atoms with E-state index in [1.165, 1.54) is 154 Å². The molecule has 0 radical (unpaired) electrons. The minimum atomic E-state index is -0.766. The van der Waals surface area contributed by atoms with Crippen LogP contribution in [0.15, 0.2) is 24.3 Å². The van der Waals surface area contributed by atoms with Crippen LogP contribution < -0.4 is 0 Å². The maximum absolute atomic E-state index is 12.7. The Bertz CT molecular complexity index is 927. The largest absolute Gasteiger partial charge is 0.462 e. The molecule has 1 unspecified atom stereocenters. The molecule has 0 aliphatic heterocycles. The molecule has 6 heteroatoms. The lowest BCUT2D eigenvalue weighted by molar-refractivity contribution is -0.167. The molecular weight excluding hydrogens is 709 g/mol. The predicted octanol–water partition coefficient (Wildman–Crippen LogP) is 16.0. The first-order valence-corrected chi connectivity index (χ1v) is 24.8. The van der Waals surface area contributed by atoms with Crippen molar-refractivity contribution < 1.29 is 28.6 Å². The second-order valence-corrected chi connectivity index (χ2v) is 16.7. The van der Waals surface area contributed by atoms with E-state index in [0.717, 1.165) is 70.6 Å². The van der Waals surface area contributed by atoms with E-state index in [0.29, 0.717) is 19.3 Å². The molecule has 0 aromatic carbocycles. The van der Waals surface area contributed by atoms with E-state index in [1.807, 2.05) is 0 Å². The van der Waals surface area contributed by atoms with Crippen LogP contribution in [0.5, 0.6) is 0 Å². The van der Waals surface area contributed by atoms with E-state index >= 15 is 0 Å². The molecule has 0 bridgehead atoms. The Kier molecular flexibility index (Phi) is 44.9. The minimum Gasteiger partial charge on any atom is -0.462 e. The van der Waals surface area contributed by atoms with Gasteiger partial charge in [0.2, 0.25) is 0 Å². The molecule has 0 spiro atoms. The fourth-order valence-electron chi connectivity index (χ4n) is 7.18. The molecule has 57 heavy (non-hydrogen) atoms. The van der Waals surface area contributed by atoms with Crippen LogP contribution in [-0.2, 0) is 28.6 Å². The van der Waals surface area contributed by atoms with Gasteiger partial charge in [-0.15, -0.1) is 0 Å². The number of allylic oxidation sites excluding steroid dienone is 4. The standard InChI is InChI=1S/C51H94O6/c1-4-7-10-13-16-18-20-22-24-25-26-27-29-30-32-35-38-41-44-50(53)56-47-48(46-55-49(52)43-40-37-34-15-12-9-6-3)57-51(54)45-42-39-36-33-31-28-23-21-19-17-14-11-8-5-2/h18,20,24-25,48H,4-17,19,21-23,26-47H2,1-3H3/b20-18-,25-24-. The van der Waals surface area contributed by atoms with Gasteiger partial charge in [0.15, 0.2) is 6.10 Å². The third-order valence-corrected chi connectivity index (χ3v) is 11.0. The van der Waals surface area contributed by atoms with Gasteiger partial charge in [0.25, 0.3) is 0 Å². The van der Waals surface area contributed by atoms with Gasteiger partial charge in [-0.2, -0.15) is 0 Å². The van der Waals surface area contributed by atoms with Crippen LogP contribution in [0.4, 0.5) is 0 Å². The fraction of sp³-hybridized carbons (Fsp3) is 0.863. The second-order valence-electron chi connectivity index (χ2n) is 16.7. The molecule has 0 fully saturated rings. The Morgan fingerprint density at radius 2 is 0.632 bits per heavy atom. The van der Waals surface area contributed by atoms with Crippen molar-refractivity contribution in [3.63, 3.8) is 0 Å². The summed E-state index contributed by atoms with van der Waals surface area (Å²) in [6, 6.07) is 0. The van der Waals surface area contributed by atoms with Crippen LogP contribution in [-0.4, -0.2) is 37.2 Å². The van der Waals surface area contributed by atoms with Crippen molar-refractivity contribution in [1.29, 1.82) is 0 Å². The molecule has 0 aromatic heterocycles.